The van der Waals surface area contributed by atoms with Crippen molar-refractivity contribution in [2.75, 3.05) is 26.0 Å². The second-order valence-electron chi connectivity index (χ2n) is 4.96. The van der Waals surface area contributed by atoms with Gasteiger partial charge in [0.2, 0.25) is 0 Å². The van der Waals surface area contributed by atoms with Crippen LogP contribution in [0.25, 0.3) is 0 Å². The van der Waals surface area contributed by atoms with Gasteiger partial charge in [0.15, 0.2) is 0 Å². The number of nitrogens with zero attached hydrogens (tertiary/aromatic N) is 3. The molecular weight excluding hydrogens is 267 g/mol. The van der Waals surface area contributed by atoms with E-state index in [0.717, 1.165) is 11.3 Å². The third-order valence-electron chi connectivity index (χ3n) is 3.23. The fraction of sp³-hybridized carbons (Fsp3) is 0.250. The summed E-state index contributed by atoms with van der Waals surface area (Å²) in [6.07, 6.45) is 1.62. The zero-order chi connectivity index (χ0) is 15.2. The molecule has 1 heterocycles. The quantitative estimate of drug-likeness (QED) is 0.917. The van der Waals surface area contributed by atoms with Gasteiger partial charge in [-0.05, 0) is 43.9 Å². The van der Waals surface area contributed by atoms with E-state index in [2.05, 4.69) is 10.3 Å². The Balaban J connectivity index is 2.08. The Morgan fingerprint density at radius 3 is 2.71 bits per heavy atom. The molecule has 0 radical (unpaired) electrons. The first-order chi connectivity index (χ1) is 10.1. The van der Waals surface area contributed by atoms with E-state index in [-0.39, 0.29) is 11.9 Å². The Morgan fingerprint density at radius 1 is 1.33 bits per heavy atom. The highest BCUT2D eigenvalue weighted by Gasteiger charge is 2.14. The number of nitriles is 1. The maximum Gasteiger partial charge on any atom is 0.140 e. The van der Waals surface area contributed by atoms with Gasteiger partial charge in [-0.1, -0.05) is 12.1 Å². The van der Waals surface area contributed by atoms with Gasteiger partial charge in [-0.2, -0.15) is 5.26 Å². The number of pyridine rings is 1. The predicted molar refractivity (Wildman–Crippen MR) is 80.3 cm³/mol. The SMILES string of the molecule is CN(C)C(CNc1ccc(C#N)nc1)c1cccc(F)c1. The normalized spacial score (nSPS) is 12.0. The first-order valence-corrected chi connectivity index (χ1v) is 6.62. The van der Waals surface area contributed by atoms with Crippen molar-refractivity contribution in [1.82, 2.24) is 9.88 Å². The van der Waals surface area contributed by atoms with E-state index in [1.807, 2.05) is 37.2 Å². The van der Waals surface area contributed by atoms with Crippen molar-refractivity contribution in [3.63, 3.8) is 0 Å². The lowest BCUT2D eigenvalue weighted by atomic mass is 10.1. The van der Waals surface area contributed by atoms with Crippen molar-refractivity contribution in [2.24, 2.45) is 0 Å². The van der Waals surface area contributed by atoms with Crippen LogP contribution in [0.1, 0.15) is 17.3 Å². The Labute approximate surface area is 123 Å². The molecule has 0 fully saturated rings. The molecule has 0 amide bonds. The Bertz CT molecular complexity index is 631. The summed E-state index contributed by atoms with van der Waals surface area (Å²) in [7, 11) is 3.91. The van der Waals surface area contributed by atoms with Crippen molar-refractivity contribution in [3.05, 3.63) is 59.7 Å². The van der Waals surface area contributed by atoms with Crippen LogP contribution in [0.4, 0.5) is 10.1 Å². The number of halogens is 1. The number of nitrogens with one attached hydrogen (secondary N) is 1. The summed E-state index contributed by atoms with van der Waals surface area (Å²) in [6.45, 7) is 0.615. The maximum atomic E-state index is 13.4. The van der Waals surface area contributed by atoms with E-state index >= 15 is 0 Å². The van der Waals surface area contributed by atoms with Gasteiger partial charge in [-0.25, -0.2) is 9.37 Å². The first kappa shape index (κ1) is 14.9. The minimum Gasteiger partial charge on any atom is -0.382 e. The fourth-order valence-corrected chi connectivity index (χ4v) is 2.09. The molecule has 108 valence electrons. The van der Waals surface area contributed by atoms with E-state index < -0.39 is 0 Å². The van der Waals surface area contributed by atoms with Gasteiger partial charge in [0.1, 0.15) is 17.6 Å². The summed E-state index contributed by atoms with van der Waals surface area (Å²) >= 11 is 0. The molecule has 2 rings (SSSR count). The van der Waals surface area contributed by atoms with Gasteiger partial charge >= 0.3 is 0 Å². The molecule has 21 heavy (non-hydrogen) atoms. The second kappa shape index (κ2) is 6.82. The number of benzene rings is 1. The highest BCUT2D eigenvalue weighted by molar-refractivity contribution is 5.43. The molecule has 0 saturated carbocycles. The van der Waals surface area contributed by atoms with Crippen LogP contribution in [0.3, 0.4) is 0 Å². The Hall–Kier alpha value is -2.45. The van der Waals surface area contributed by atoms with Crippen LogP contribution in [-0.2, 0) is 0 Å². The minimum absolute atomic E-state index is 0.0383. The van der Waals surface area contributed by atoms with Crippen LogP contribution in [0.15, 0.2) is 42.6 Å². The highest BCUT2D eigenvalue weighted by Crippen LogP contribution is 2.20. The zero-order valence-corrected chi connectivity index (χ0v) is 12.0. The molecule has 0 spiro atoms. The van der Waals surface area contributed by atoms with Crippen LogP contribution in [0.5, 0.6) is 0 Å². The van der Waals surface area contributed by atoms with Gasteiger partial charge in [-0.3, -0.25) is 0 Å². The summed E-state index contributed by atoms with van der Waals surface area (Å²) in [6, 6.07) is 12.1. The number of aromatic nitrogens is 1. The smallest absolute Gasteiger partial charge is 0.140 e. The molecule has 5 heteroatoms. The number of likely N-dealkylation sites (N-methyl/N-ethyl adjacent to an activating group) is 1. The highest BCUT2D eigenvalue weighted by atomic mass is 19.1. The van der Waals surface area contributed by atoms with E-state index in [0.29, 0.717) is 12.2 Å². The Morgan fingerprint density at radius 2 is 2.14 bits per heavy atom. The van der Waals surface area contributed by atoms with Crippen LogP contribution in [0, 0.1) is 17.1 Å². The molecule has 4 nitrogen and oxygen atoms in total. The minimum atomic E-state index is -0.237. The molecule has 0 aliphatic rings. The van der Waals surface area contributed by atoms with Gasteiger partial charge in [0.25, 0.3) is 0 Å². The Kier molecular flexibility index (Phi) is 4.85. The molecule has 0 aliphatic carbocycles. The third kappa shape index (κ3) is 4.01. The maximum absolute atomic E-state index is 13.4. The molecule has 1 unspecified atom stereocenters. The largest absolute Gasteiger partial charge is 0.382 e. The van der Waals surface area contributed by atoms with Crippen molar-refractivity contribution < 1.29 is 4.39 Å². The standard InChI is InChI=1S/C16H17FN4/c1-21(2)16(12-4-3-5-13(17)8-12)11-20-15-7-6-14(9-18)19-10-15/h3-8,10,16,20H,11H2,1-2H3. The van der Waals surface area contributed by atoms with Crippen molar-refractivity contribution in [1.29, 1.82) is 5.26 Å². The van der Waals surface area contributed by atoms with Gasteiger partial charge in [-0.15, -0.1) is 0 Å². The second-order valence-corrected chi connectivity index (χ2v) is 4.96. The lowest BCUT2D eigenvalue weighted by Gasteiger charge is -2.25. The van der Waals surface area contributed by atoms with Crippen molar-refractivity contribution in [2.45, 2.75) is 6.04 Å². The van der Waals surface area contributed by atoms with Crippen LogP contribution in [-0.4, -0.2) is 30.5 Å². The topological polar surface area (TPSA) is 52.0 Å². The molecule has 1 N–H and O–H groups in total. The average Bonchev–Trinajstić information content (AvgIpc) is 2.48. The van der Waals surface area contributed by atoms with Crippen LogP contribution in [0.2, 0.25) is 0 Å². The van der Waals surface area contributed by atoms with E-state index in [1.54, 1.807) is 24.4 Å². The van der Waals surface area contributed by atoms with Gasteiger partial charge < -0.3 is 10.2 Å². The molecule has 0 saturated heterocycles. The van der Waals surface area contributed by atoms with Gasteiger partial charge in [0.05, 0.1) is 17.9 Å². The van der Waals surface area contributed by atoms with Crippen LogP contribution < -0.4 is 5.32 Å². The first-order valence-electron chi connectivity index (χ1n) is 6.62. The number of hydrogen-bond donors (Lipinski definition) is 1. The summed E-state index contributed by atoms with van der Waals surface area (Å²) in [4.78, 5) is 6.04. The average molecular weight is 284 g/mol. The predicted octanol–water partition coefficient (Wildman–Crippen LogP) is 2.81. The number of rotatable bonds is 5. The monoisotopic (exact) mass is 284 g/mol. The molecule has 0 aliphatic heterocycles. The summed E-state index contributed by atoms with van der Waals surface area (Å²) in [5.41, 5.74) is 2.13. The molecule has 1 aromatic carbocycles. The zero-order valence-electron chi connectivity index (χ0n) is 12.0. The lowest BCUT2D eigenvalue weighted by Crippen LogP contribution is -2.27. The van der Waals surface area contributed by atoms with Crippen molar-refractivity contribution >= 4 is 5.69 Å². The summed E-state index contributed by atoms with van der Waals surface area (Å²) < 4.78 is 13.4. The number of hydrogen-bond acceptors (Lipinski definition) is 4. The fourth-order valence-electron chi connectivity index (χ4n) is 2.09. The summed E-state index contributed by atoms with van der Waals surface area (Å²) in [5.74, 6) is -0.237. The van der Waals surface area contributed by atoms with Crippen LogP contribution >= 0.6 is 0 Å². The molecule has 1 aromatic heterocycles. The third-order valence-corrected chi connectivity index (χ3v) is 3.23. The molecule has 2 aromatic rings. The number of anilines is 1. The van der Waals surface area contributed by atoms with E-state index in [4.69, 9.17) is 5.26 Å². The molecule has 1 atom stereocenters. The van der Waals surface area contributed by atoms with E-state index in [9.17, 15) is 4.39 Å². The van der Waals surface area contributed by atoms with Crippen molar-refractivity contribution in [3.8, 4) is 6.07 Å². The van der Waals surface area contributed by atoms with Gasteiger partial charge in [0, 0.05) is 6.54 Å². The van der Waals surface area contributed by atoms with E-state index in [1.165, 1.54) is 6.07 Å². The molecular formula is C16H17FN4. The summed E-state index contributed by atoms with van der Waals surface area (Å²) in [5, 5.41) is 12.0. The lowest BCUT2D eigenvalue weighted by molar-refractivity contribution is 0.311. The molecule has 0 bridgehead atoms.